The van der Waals surface area contributed by atoms with Crippen LogP contribution in [0.1, 0.15) is 31.4 Å². The van der Waals surface area contributed by atoms with Crippen LogP contribution in [0, 0.1) is 0 Å². The van der Waals surface area contributed by atoms with Crippen LogP contribution in [0.3, 0.4) is 0 Å². The number of imidazole rings is 1. The van der Waals surface area contributed by atoms with Crippen molar-refractivity contribution in [1.29, 1.82) is 0 Å². The van der Waals surface area contributed by atoms with Crippen molar-refractivity contribution in [3.8, 4) is 0 Å². The fourth-order valence-electron chi connectivity index (χ4n) is 3.20. The summed E-state index contributed by atoms with van der Waals surface area (Å²) in [5.41, 5.74) is 16.9. The van der Waals surface area contributed by atoms with Gasteiger partial charge in [-0.05, 0) is 31.3 Å². The molecule has 0 fully saturated rings. The minimum atomic E-state index is -1.53. The number of aromatic nitrogens is 2. The number of aliphatic imine (C=N–C) groups is 1. The highest BCUT2D eigenvalue weighted by Gasteiger charge is 2.31. The van der Waals surface area contributed by atoms with Gasteiger partial charge in [0, 0.05) is 24.9 Å². The van der Waals surface area contributed by atoms with E-state index in [0.717, 1.165) is 0 Å². The van der Waals surface area contributed by atoms with E-state index in [4.69, 9.17) is 17.2 Å². The molecule has 0 saturated carbocycles. The number of carboxylic acid groups (broad SMARTS) is 2. The van der Waals surface area contributed by atoms with Gasteiger partial charge in [0.1, 0.15) is 18.1 Å². The van der Waals surface area contributed by atoms with Gasteiger partial charge in [-0.25, -0.2) is 9.78 Å². The Labute approximate surface area is 223 Å². The molecule has 0 spiro atoms. The van der Waals surface area contributed by atoms with Crippen LogP contribution in [0.2, 0.25) is 0 Å². The fourth-order valence-corrected chi connectivity index (χ4v) is 3.67. The van der Waals surface area contributed by atoms with E-state index in [1.807, 2.05) is 0 Å². The van der Waals surface area contributed by atoms with Gasteiger partial charge in [0.25, 0.3) is 0 Å². The van der Waals surface area contributed by atoms with Gasteiger partial charge in [0.05, 0.1) is 18.8 Å². The summed E-state index contributed by atoms with van der Waals surface area (Å²) in [6.45, 7) is 0.160. The third-order valence-electron chi connectivity index (χ3n) is 5.15. The molecule has 0 aliphatic heterocycles. The van der Waals surface area contributed by atoms with Gasteiger partial charge >= 0.3 is 11.9 Å². The first-order valence-electron chi connectivity index (χ1n) is 11.6. The Morgan fingerprint density at radius 2 is 1.66 bits per heavy atom. The molecule has 1 aromatic heterocycles. The van der Waals surface area contributed by atoms with Crippen molar-refractivity contribution in [2.75, 3.05) is 18.6 Å². The predicted octanol–water partition coefficient (Wildman–Crippen LogP) is -2.90. The Hall–Kier alpha value is -3.86. The quantitative estimate of drug-likeness (QED) is 0.0499. The zero-order valence-corrected chi connectivity index (χ0v) is 21.7. The molecule has 1 heterocycles. The third kappa shape index (κ3) is 12.4. The summed E-state index contributed by atoms with van der Waals surface area (Å²) in [4.78, 5) is 71.7. The Kier molecular flexibility index (Phi) is 14.2. The number of nitrogens with one attached hydrogen (secondary N) is 4. The average molecular weight is 558 g/mol. The maximum atomic E-state index is 12.9. The second-order valence-electron chi connectivity index (χ2n) is 8.24. The van der Waals surface area contributed by atoms with Gasteiger partial charge in [0.2, 0.25) is 17.7 Å². The van der Waals surface area contributed by atoms with E-state index in [9.17, 15) is 34.2 Å². The topological polar surface area (TPSA) is 281 Å². The van der Waals surface area contributed by atoms with Gasteiger partial charge in [-0.1, -0.05) is 0 Å². The van der Waals surface area contributed by atoms with Crippen molar-refractivity contribution >= 4 is 47.4 Å². The molecule has 0 aliphatic rings. The number of rotatable bonds is 18. The molecule has 12 N–H and O–H groups in total. The van der Waals surface area contributed by atoms with Gasteiger partial charge in [0.15, 0.2) is 5.96 Å². The van der Waals surface area contributed by atoms with Gasteiger partial charge < -0.3 is 48.3 Å². The molecule has 4 unspecified atom stereocenters. The Balaban J connectivity index is 2.90. The molecule has 17 heteroatoms. The van der Waals surface area contributed by atoms with Crippen LogP contribution in [0.4, 0.5) is 0 Å². The van der Waals surface area contributed by atoms with Gasteiger partial charge in [-0.3, -0.25) is 24.2 Å². The summed E-state index contributed by atoms with van der Waals surface area (Å²) in [5, 5.41) is 25.8. The second-order valence-corrected chi connectivity index (χ2v) is 9.22. The lowest BCUT2D eigenvalue weighted by Crippen LogP contribution is -2.57. The standard InChI is InChI=1S/C21H35N9O7S/c1-38-6-4-13(18(34)29-14(20(36)37)3-2-5-26-21(23)24)28-19(35)15(8-16(31)32)30-17(33)12(22)7-11-9-25-10-27-11/h9-10,12-15H,2-8,22H2,1H3,(H,25,27)(H,28,35)(H,29,34)(H,30,33)(H,31,32)(H,36,37)(H4,23,24,26). The number of carbonyl (C=O) groups excluding carboxylic acids is 3. The number of H-pyrrole nitrogens is 1. The van der Waals surface area contributed by atoms with E-state index in [-0.39, 0.29) is 38.2 Å². The number of thioether (sulfide) groups is 1. The normalized spacial score (nSPS) is 13.8. The number of aliphatic carboxylic acids is 2. The maximum Gasteiger partial charge on any atom is 0.326 e. The van der Waals surface area contributed by atoms with Crippen LogP contribution >= 0.6 is 11.8 Å². The van der Waals surface area contributed by atoms with Gasteiger partial charge in [-0.2, -0.15) is 11.8 Å². The highest BCUT2D eigenvalue weighted by molar-refractivity contribution is 7.98. The van der Waals surface area contributed by atoms with Crippen LogP contribution in [0.25, 0.3) is 0 Å². The molecule has 4 atom stereocenters. The van der Waals surface area contributed by atoms with Crippen LogP contribution in [-0.4, -0.2) is 98.5 Å². The first kappa shape index (κ1) is 32.2. The van der Waals surface area contributed by atoms with Crippen LogP contribution in [-0.2, 0) is 30.4 Å². The number of guanidine groups is 1. The number of hydrogen-bond donors (Lipinski definition) is 9. The third-order valence-corrected chi connectivity index (χ3v) is 5.79. The summed E-state index contributed by atoms with van der Waals surface area (Å²) in [5.74, 6) is -4.88. The zero-order valence-electron chi connectivity index (χ0n) is 20.9. The first-order chi connectivity index (χ1) is 17.9. The fraction of sp³-hybridized carbons (Fsp3) is 0.571. The van der Waals surface area contributed by atoms with E-state index < -0.39 is 60.2 Å². The van der Waals surface area contributed by atoms with Crippen molar-refractivity contribution in [3.63, 3.8) is 0 Å². The monoisotopic (exact) mass is 557 g/mol. The predicted molar refractivity (Wildman–Crippen MR) is 139 cm³/mol. The van der Waals surface area contributed by atoms with Crippen molar-refractivity contribution in [3.05, 3.63) is 18.2 Å². The van der Waals surface area contributed by atoms with Crippen molar-refractivity contribution in [1.82, 2.24) is 25.9 Å². The molecule has 0 aliphatic carbocycles. The number of hydrogen-bond acceptors (Lipinski definition) is 9. The summed E-state index contributed by atoms with van der Waals surface area (Å²) < 4.78 is 0. The number of carbonyl (C=O) groups is 5. The molecular formula is C21H35N9O7S. The molecule has 212 valence electrons. The molecule has 0 aromatic carbocycles. The Bertz CT molecular complexity index is 970. The van der Waals surface area contributed by atoms with E-state index in [2.05, 4.69) is 30.9 Å². The molecule has 1 aromatic rings. The largest absolute Gasteiger partial charge is 0.481 e. The number of aromatic amines is 1. The van der Waals surface area contributed by atoms with E-state index in [1.165, 1.54) is 24.3 Å². The summed E-state index contributed by atoms with van der Waals surface area (Å²) in [7, 11) is 0. The second kappa shape index (κ2) is 16.8. The van der Waals surface area contributed by atoms with Gasteiger partial charge in [-0.15, -0.1) is 0 Å². The average Bonchev–Trinajstić information content (AvgIpc) is 3.35. The van der Waals surface area contributed by atoms with Crippen LogP contribution in [0.15, 0.2) is 17.5 Å². The van der Waals surface area contributed by atoms with Crippen molar-refractivity contribution < 1.29 is 34.2 Å². The lowest BCUT2D eigenvalue weighted by atomic mass is 10.1. The molecule has 0 radical (unpaired) electrons. The highest BCUT2D eigenvalue weighted by atomic mass is 32.2. The lowest BCUT2D eigenvalue weighted by molar-refractivity contribution is -0.143. The van der Waals surface area contributed by atoms with Crippen molar-refractivity contribution in [2.45, 2.75) is 56.3 Å². The minimum absolute atomic E-state index is 0.0208. The Morgan fingerprint density at radius 3 is 2.21 bits per heavy atom. The maximum absolute atomic E-state index is 12.9. The first-order valence-corrected chi connectivity index (χ1v) is 13.0. The van der Waals surface area contributed by atoms with E-state index >= 15 is 0 Å². The van der Waals surface area contributed by atoms with Crippen molar-refractivity contribution in [2.24, 2.45) is 22.2 Å². The van der Waals surface area contributed by atoms with Crippen LogP contribution < -0.4 is 33.2 Å². The number of amides is 3. The molecule has 38 heavy (non-hydrogen) atoms. The molecule has 0 saturated heterocycles. The van der Waals surface area contributed by atoms with E-state index in [1.54, 1.807) is 6.26 Å². The summed E-state index contributed by atoms with van der Waals surface area (Å²) >= 11 is 1.38. The van der Waals surface area contributed by atoms with E-state index in [0.29, 0.717) is 11.4 Å². The molecule has 0 bridgehead atoms. The Morgan fingerprint density at radius 1 is 1.03 bits per heavy atom. The molecule has 16 nitrogen and oxygen atoms in total. The SMILES string of the molecule is CSCCC(NC(=O)C(CC(=O)O)NC(=O)C(N)Cc1cnc[nH]1)C(=O)NC(CCCN=C(N)N)C(=O)O. The smallest absolute Gasteiger partial charge is 0.326 e. The number of nitrogens with two attached hydrogens (primary N) is 3. The van der Waals surface area contributed by atoms with Crippen LogP contribution in [0.5, 0.6) is 0 Å². The zero-order chi connectivity index (χ0) is 28.7. The highest BCUT2D eigenvalue weighted by Crippen LogP contribution is 2.06. The lowest BCUT2D eigenvalue weighted by Gasteiger charge is -2.24. The summed E-state index contributed by atoms with van der Waals surface area (Å²) in [6, 6.07) is -5.11. The molecule has 1 rings (SSSR count). The number of nitrogens with zero attached hydrogens (tertiary/aromatic N) is 2. The molecule has 3 amide bonds. The number of carboxylic acids is 2. The minimum Gasteiger partial charge on any atom is -0.481 e. The molecular weight excluding hydrogens is 522 g/mol. The summed E-state index contributed by atoms with van der Waals surface area (Å²) in [6.07, 6.45) is 4.34.